The molecule has 20 heavy (non-hydrogen) atoms. The van der Waals surface area contributed by atoms with Gasteiger partial charge in [-0.2, -0.15) is 0 Å². The number of ether oxygens (including phenoxy) is 1. The van der Waals surface area contributed by atoms with Crippen LogP contribution in [0.2, 0.25) is 0 Å². The number of nitrogens with one attached hydrogen (secondary N) is 1. The highest BCUT2D eigenvalue weighted by atomic mass is 16.5. The topological polar surface area (TPSA) is 47.0 Å². The minimum Gasteiger partial charge on any atom is -0.480 e. The molecule has 0 fully saturated rings. The molecule has 0 saturated carbocycles. The van der Waals surface area contributed by atoms with Crippen LogP contribution in [0.5, 0.6) is 5.88 Å². The number of rotatable bonds is 10. The van der Waals surface area contributed by atoms with E-state index in [0.717, 1.165) is 18.7 Å². The molecule has 0 amide bonds. The van der Waals surface area contributed by atoms with E-state index in [9.17, 15) is 0 Å². The maximum absolute atomic E-state index is 5.40. The van der Waals surface area contributed by atoms with E-state index in [1.807, 2.05) is 0 Å². The van der Waals surface area contributed by atoms with Gasteiger partial charge in [0.1, 0.15) is 5.69 Å². The summed E-state index contributed by atoms with van der Waals surface area (Å²) in [6, 6.07) is 0.235. The van der Waals surface area contributed by atoms with E-state index < -0.39 is 0 Å². The van der Waals surface area contributed by atoms with Crippen LogP contribution in [-0.4, -0.2) is 23.6 Å². The molecule has 1 heterocycles. The van der Waals surface area contributed by atoms with Crippen LogP contribution in [0.4, 0.5) is 0 Å². The smallest absolute Gasteiger partial charge is 0.237 e. The van der Waals surface area contributed by atoms with Crippen molar-refractivity contribution in [3.63, 3.8) is 0 Å². The van der Waals surface area contributed by atoms with Crippen molar-refractivity contribution in [2.75, 3.05) is 13.7 Å². The van der Waals surface area contributed by atoms with Gasteiger partial charge in [0.05, 0.1) is 13.2 Å². The molecule has 1 unspecified atom stereocenters. The predicted molar refractivity (Wildman–Crippen MR) is 82.9 cm³/mol. The first-order valence-corrected chi connectivity index (χ1v) is 7.86. The molecule has 0 aliphatic rings. The third-order valence-electron chi connectivity index (χ3n) is 3.58. The van der Waals surface area contributed by atoms with Crippen LogP contribution in [0, 0.1) is 5.92 Å². The van der Waals surface area contributed by atoms with Gasteiger partial charge in [-0.05, 0) is 31.7 Å². The van der Waals surface area contributed by atoms with E-state index in [-0.39, 0.29) is 6.04 Å². The molecule has 1 rings (SSSR count). The molecular formula is C16H29N3O. The second-order valence-corrected chi connectivity index (χ2v) is 5.22. The minimum absolute atomic E-state index is 0.235. The summed E-state index contributed by atoms with van der Waals surface area (Å²) in [7, 11) is 1.67. The highest BCUT2D eigenvalue weighted by Crippen LogP contribution is 2.32. The first-order valence-electron chi connectivity index (χ1n) is 7.86. The summed E-state index contributed by atoms with van der Waals surface area (Å²) in [4.78, 5) is 8.84. The first-order chi connectivity index (χ1) is 9.78. The molecule has 0 spiro atoms. The second kappa shape index (κ2) is 9.70. The maximum Gasteiger partial charge on any atom is 0.237 e. The van der Waals surface area contributed by atoms with Crippen molar-refractivity contribution in [3.8, 4) is 5.88 Å². The summed E-state index contributed by atoms with van der Waals surface area (Å²) < 4.78 is 5.40. The molecule has 0 radical (unpaired) electrons. The molecule has 4 nitrogen and oxygen atoms in total. The number of nitrogens with zero attached hydrogens (tertiary/aromatic N) is 2. The lowest BCUT2D eigenvalue weighted by Gasteiger charge is -2.28. The normalized spacial score (nSPS) is 12.7. The van der Waals surface area contributed by atoms with Gasteiger partial charge in [-0.1, -0.05) is 33.6 Å². The van der Waals surface area contributed by atoms with Gasteiger partial charge in [-0.3, -0.25) is 4.98 Å². The Hall–Kier alpha value is -1.16. The Morgan fingerprint density at radius 1 is 1.05 bits per heavy atom. The quantitative estimate of drug-likeness (QED) is 0.708. The Bertz CT molecular complexity index is 364. The molecule has 0 saturated heterocycles. The molecule has 1 aromatic heterocycles. The standard InChI is InChI=1S/C16H29N3O/c1-5-8-13(9-6-2)14(17-10-7-3)15-16(20-4)19-12-11-18-15/h11-14,17H,5-10H2,1-4H3. The lowest BCUT2D eigenvalue weighted by molar-refractivity contribution is 0.295. The van der Waals surface area contributed by atoms with E-state index >= 15 is 0 Å². The molecule has 0 aliphatic carbocycles. The summed E-state index contributed by atoms with van der Waals surface area (Å²) in [5.41, 5.74) is 0.954. The molecule has 4 heteroatoms. The van der Waals surface area contributed by atoms with Crippen molar-refractivity contribution in [2.45, 2.75) is 58.9 Å². The zero-order chi connectivity index (χ0) is 14.8. The average Bonchev–Trinajstić information content (AvgIpc) is 2.48. The summed E-state index contributed by atoms with van der Waals surface area (Å²) in [6.45, 7) is 7.67. The fourth-order valence-corrected chi connectivity index (χ4v) is 2.71. The number of hydrogen-bond donors (Lipinski definition) is 1. The zero-order valence-corrected chi connectivity index (χ0v) is 13.4. The van der Waals surface area contributed by atoms with Crippen LogP contribution in [-0.2, 0) is 0 Å². The maximum atomic E-state index is 5.40. The molecule has 0 bridgehead atoms. The summed E-state index contributed by atoms with van der Waals surface area (Å²) in [5, 5.41) is 3.65. The Morgan fingerprint density at radius 2 is 1.70 bits per heavy atom. The average molecular weight is 279 g/mol. The zero-order valence-electron chi connectivity index (χ0n) is 13.4. The molecular weight excluding hydrogens is 250 g/mol. The van der Waals surface area contributed by atoms with Crippen LogP contribution in [0.1, 0.15) is 64.6 Å². The van der Waals surface area contributed by atoms with Gasteiger partial charge in [0.25, 0.3) is 0 Å². The number of methoxy groups -OCH3 is 1. The SMILES string of the molecule is CCCNC(c1nccnc1OC)C(CCC)CCC. The van der Waals surface area contributed by atoms with Gasteiger partial charge < -0.3 is 10.1 Å². The van der Waals surface area contributed by atoms with Gasteiger partial charge >= 0.3 is 0 Å². The molecule has 114 valence electrons. The highest BCUT2D eigenvalue weighted by molar-refractivity contribution is 5.22. The van der Waals surface area contributed by atoms with Crippen molar-refractivity contribution in [1.29, 1.82) is 0 Å². The van der Waals surface area contributed by atoms with Crippen LogP contribution >= 0.6 is 0 Å². The van der Waals surface area contributed by atoms with Gasteiger partial charge in [-0.15, -0.1) is 0 Å². The Balaban J connectivity index is 3.01. The summed E-state index contributed by atoms with van der Waals surface area (Å²) in [5.74, 6) is 1.24. The lowest BCUT2D eigenvalue weighted by atomic mass is 9.88. The Morgan fingerprint density at radius 3 is 2.25 bits per heavy atom. The molecule has 1 N–H and O–H groups in total. The summed E-state index contributed by atoms with van der Waals surface area (Å²) >= 11 is 0. The van der Waals surface area contributed by atoms with E-state index in [1.165, 1.54) is 25.7 Å². The molecule has 0 aliphatic heterocycles. The monoisotopic (exact) mass is 279 g/mol. The minimum atomic E-state index is 0.235. The van der Waals surface area contributed by atoms with E-state index in [1.54, 1.807) is 19.5 Å². The fraction of sp³-hybridized carbons (Fsp3) is 0.750. The van der Waals surface area contributed by atoms with Crippen molar-refractivity contribution >= 4 is 0 Å². The van der Waals surface area contributed by atoms with Crippen molar-refractivity contribution in [2.24, 2.45) is 5.92 Å². The first kappa shape index (κ1) is 16.9. The fourth-order valence-electron chi connectivity index (χ4n) is 2.71. The Labute approximate surface area is 123 Å². The molecule has 1 aromatic rings. The second-order valence-electron chi connectivity index (χ2n) is 5.22. The van der Waals surface area contributed by atoms with Crippen LogP contribution in [0.25, 0.3) is 0 Å². The van der Waals surface area contributed by atoms with E-state index in [2.05, 4.69) is 36.1 Å². The van der Waals surface area contributed by atoms with Crippen LogP contribution in [0.3, 0.4) is 0 Å². The van der Waals surface area contributed by atoms with Crippen LogP contribution < -0.4 is 10.1 Å². The van der Waals surface area contributed by atoms with Crippen molar-refractivity contribution in [3.05, 3.63) is 18.1 Å². The highest BCUT2D eigenvalue weighted by Gasteiger charge is 2.26. The third-order valence-corrected chi connectivity index (χ3v) is 3.58. The third kappa shape index (κ3) is 4.75. The van der Waals surface area contributed by atoms with Gasteiger partial charge in [-0.25, -0.2) is 4.98 Å². The predicted octanol–water partition coefficient (Wildman–Crippen LogP) is 3.74. The van der Waals surface area contributed by atoms with Crippen molar-refractivity contribution < 1.29 is 4.74 Å². The van der Waals surface area contributed by atoms with E-state index in [4.69, 9.17) is 4.74 Å². The summed E-state index contributed by atoms with van der Waals surface area (Å²) in [6.07, 6.45) is 9.35. The Kier molecular flexibility index (Phi) is 8.19. The van der Waals surface area contributed by atoms with Crippen molar-refractivity contribution in [1.82, 2.24) is 15.3 Å². The lowest BCUT2D eigenvalue weighted by Crippen LogP contribution is -2.30. The van der Waals surface area contributed by atoms with Gasteiger partial charge in [0.2, 0.25) is 5.88 Å². The number of aromatic nitrogens is 2. The molecule has 0 aromatic carbocycles. The number of hydrogen-bond acceptors (Lipinski definition) is 4. The molecule has 1 atom stereocenters. The van der Waals surface area contributed by atoms with E-state index in [0.29, 0.717) is 11.8 Å². The van der Waals surface area contributed by atoms with Crippen LogP contribution in [0.15, 0.2) is 12.4 Å². The van der Waals surface area contributed by atoms with Gasteiger partial charge in [0, 0.05) is 12.4 Å². The van der Waals surface area contributed by atoms with Gasteiger partial charge in [0.15, 0.2) is 0 Å². The largest absolute Gasteiger partial charge is 0.480 e.